The number of benzene rings is 1. The van der Waals surface area contributed by atoms with E-state index in [9.17, 15) is 4.79 Å². The van der Waals surface area contributed by atoms with Crippen LogP contribution in [0.3, 0.4) is 0 Å². The lowest BCUT2D eigenvalue weighted by molar-refractivity contribution is 0.0920. The van der Waals surface area contributed by atoms with Crippen molar-refractivity contribution in [2.24, 2.45) is 5.92 Å². The molecule has 0 saturated heterocycles. The van der Waals surface area contributed by atoms with Crippen LogP contribution >= 0.6 is 15.9 Å². The Hall–Kier alpha value is -2.21. The number of amides is 1. The van der Waals surface area contributed by atoms with Gasteiger partial charge >= 0.3 is 0 Å². The zero-order valence-corrected chi connectivity index (χ0v) is 15.2. The van der Waals surface area contributed by atoms with Crippen LogP contribution in [0.5, 0.6) is 0 Å². The van der Waals surface area contributed by atoms with Crippen LogP contribution in [-0.4, -0.2) is 20.9 Å². The first-order valence-electron chi connectivity index (χ1n) is 7.94. The number of carbonyl (C=O) groups excluding carboxylic acids is 1. The average Bonchev–Trinajstić information content (AvgIpc) is 3.02. The Morgan fingerprint density at radius 1 is 1.33 bits per heavy atom. The molecule has 3 rings (SSSR count). The summed E-state index contributed by atoms with van der Waals surface area (Å²) in [4.78, 5) is 24.6. The zero-order valence-electron chi connectivity index (χ0n) is 13.6. The van der Waals surface area contributed by atoms with Gasteiger partial charge in [-0.2, -0.15) is 0 Å². The molecule has 0 fully saturated rings. The SMILES string of the molecule is CCC(C)C(NC(=O)c1cncc(Br)c1)c1nc2ccccc2[nH]1. The van der Waals surface area contributed by atoms with Crippen molar-refractivity contribution in [1.82, 2.24) is 20.3 Å². The molecule has 0 bridgehead atoms. The number of hydrogen-bond acceptors (Lipinski definition) is 3. The highest BCUT2D eigenvalue weighted by Crippen LogP contribution is 2.25. The van der Waals surface area contributed by atoms with Crippen molar-refractivity contribution >= 4 is 32.9 Å². The van der Waals surface area contributed by atoms with E-state index in [-0.39, 0.29) is 17.9 Å². The largest absolute Gasteiger partial charge is 0.342 e. The van der Waals surface area contributed by atoms with E-state index in [1.165, 1.54) is 0 Å². The van der Waals surface area contributed by atoms with Crippen molar-refractivity contribution < 1.29 is 4.79 Å². The molecular weight excluding hydrogens is 368 g/mol. The Labute approximate surface area is 149 Å². The number of aromatic amines is 1. The summed E-state index contributed by atoms with van der Waals surface area (Å²) in [5, 5.41) is 3.09. The van der Waals surface area contributed by atoms with Gasteiger partial charge in [-0.1, -0.05) is 32.4 Å². The third-order valence-corrected chi connectivity index (χ3v) is 4.60. The van der Waals surface area contributed by atoms with Gasteiger partial charge in [0.25, 0.3) is 5.91 Å². The lowest BCUT2D eigenvalue weighted by Gasteiger charge is -2.22. The van der Waals surface area contributed by atoms with E-state index in [4.69, 9.17) is 0 Å². The topological polar surface area (TPSA) is 70.7 Å². The fraction of sp³-hybridized carbons (Fsp3) is 0.278. The molecule has 2 atom stereocenters. The molecule has 2 heterocycles. The smallest absolute Gasteiger partial charge is 0.253 e. The van der Waals surface area contributed by atoms with E-state index in [1.807, 2.05) is 24.3 Å². The van der Waals surface area contributed by atoms with Gasteiger partial charge in [0.1, 0.15) is 5.82 Å². The average molecular weight is 387 g/mol. The Kier molecular flexibility index (Phi) is 4.94. The molecular formula is C18H19BrN4O. The maximum absolute atomic E-state index is 12.6. The van der Waals surface area contributed by atoms with Crippen LogP contribution in [0.25, 0.3) is 11.0 Å². The Morgan fingerprint density at radius 3 is 2.83 bits per heavy atom. The van der Waals surface area contributed by atoms with Crippen molar-refractivity contribution in [3.63, 3.8) is 0 Å². The maximum Gasteiger partial charge on any atom is 0.253 e. The summed E-state index contributed by atoms with van der Waals surface area (Å²) < 4.78 is 0.777. The van der Waals surface area contributed by atoms with E-state index < -0.39 is 0 Å². The normalized spacial score (nSPS) is 13.6. The molecule has 2 unspecified atom stereocenters. The minimum Gasteiger partial charge on any atom is -0.342 e. The molecule has 1 aromatic carbocycles. The molecule has 2 N–H and O–H groups in total. The summed E-state index contributed by atoms with van der Waals surface area (Å²) in [6.45, 7) is 4.21. The van der Waals surface area contributed by atoms with Crippen molar-refractivity contribution in [2.75, 3.05) is 0 Å². The third-order valence-electron chi connectivity index (χ3n) is 4.17. The zero-order chi connectivity index (χ0) is 17.1. The monoisotopic (exact) mass is 386 g/mol. The predicted molar refractivity (Wildman–Crippen MR) is 97.7 cm³/mol. The number of fused-ring (bicyclic) bond motifs is 1. The van der Waals surface area contributed by atoms with Crippen molar-refractivity contribution in [2.45, 2.75) is 26.3 Å². The summed E-state index contributed by atoms with van der Waals surface area (Å²) in [5.74, 6) is 0.867. The van der Waals surface area contributed by atoms with Crippen molar-refractivity contribution in [1.29, 1.82) is 0 Å². The molecule has 124 valence electrons. The highest BCUT2D eigenvalue weighted by Gasteiger charge is 2.24. The summed E-state index contributed by atoms with van der Waals surface area (Å²) in [6, 6.07) is 9.44. The number of hydrogen-bond donors (Lipinski definition) is 2. The number of aromatic nitrogens is 3. The molecule has 0 radical (unpaired) electrons. The van der Waals surface area contributed by atoms with Crippen molar-refractivity contribution in [3.05, 3.63) is 58.6 Å². The van der Waals surface area contributed by atoms with Crippen LogP contribution in [0.15, 0.2) is 47.2 Å². The number of pyridine rings is 1. The van der Waals surface area contributed by atoms with E-state index in [0.717, 1.165) is 27.8 Å². The van der Waals surface area contributed by atoms with E-state index >= 15 is 0 Å². The van der Waals surface area contributed by atoms with E-state index in [1.54, 1.807) is 18.5 Å². The fourth-order valence-electron chi connectivity index (χ4n) is 2.60. The minimum absolute atomic E-state index is 0.158. The Balaban J connectivity index is 1.90. The number of nitrogens with zero attached hydrogens (tertiary/aromatic N) is 2. The van der Waals surface area contributed by atoms with Gasteiger partial charge in [-0.3, -0.25) is 9.78 Å². The first kappa shape index (κ1) is 16.6. The highest BCUT2D eigenvalue weighted by atomic mass is 79.9. The second-order valence-electron chi connectivity index (χ2n) is 5.87. The van der Waals surface area contributed by atoms with Gasteiger partial charge < -0.3 is 10.3 Å². The third kappa shape index (κ3) is 3.48. The quantitative estimate of drug-likeness (QED) is 0.688. The molecule has 3 aromatic rings. The van der Waals surface area contributed by atoms with Gasteiger partial charge in [0.15, 0.2) is 0 Å². The van der Waals surface area contributed by atoms with Gasteiger partial charge in [0.2, 0.25) is 0 Å². The summed E-state index contributed by atoms with van der Waals surface area (Å²) >= 11 is 3.35. The second-order valence-corrected chi connectivity index (χ2v) is 6.78. The summed E-state index contributed by atoms with van der Waals surface area (Å²) in [7, 11) is 0. The van der Waals surface area contributed by atoms with Gasteiger partial charge in [-0.15, -0.1) is 0 Å². The predicted octanol–water partition coefficient (Wildman–Crippen LogP) is 4.24. The number of H-pyrrole nitrogens is 1. The number of rotatable bonds is 5. The van der Waals surface area contributed by atoms with Crippen molar-refractivity contribution in [3.8, 4) is 0 Å². The number of imidazole rings is 1. The summed E-state index contributed by atoms with van der Waals surface area (Å²) in [6.07, 6.45) is 4.15. The van der Waals surface area contributed by atoms with Crippen LogP contribution in [0, 0.1) is 5.92 Å². The number of para-hydroxylation sites is 2. The summed E-state index contributed by atoms with van der Waals surface area (Å²) in [5.41, 5.74) is 2.40. The molecule has 5 nitrogen and oxygen atoms in total. The van der Waals surface area contributed by atoms with Crippen LogP contribution in [0.1, 0.15) is 42.5 Å². The minimum atomic E-state index is -0.186. The highest BCUT2D eigenvalue weighted by molar-refractivity contribution is 9.10. The first-order valence-corrected chi connectivity index (χ1v) is 8.74. The number of carbonyl (C=O) groups is 1. The van der Waals surface area contributed by atoms with Gasteiger partial charge in [-0.05, 0) is 40.0 Å². The lowest BCUT2D eigenvalue weighted by Crippen LogP contribution is -2.33. The van der Waals surface area contributed by atoms with Gasteiger partial charge in [0.05, 0.1) is 22.6 Å². The standard InChI is InChI=1S/C18H19BrN4O/c1-3-11(2)16(17-21-14-6-4-5-7-15(14)22-17)23-18(24)12-8-13(19)10-20-9-12/h4-11,16H,3H2,1-2H3,(H,21,22)(H,23,24). The van der Waals surface area contributed by atoms with Gasteiger partial charge in [-0.25, -0.2) is 4.98 Å². The molecule has 0 aliphatic heterocycles. The van der Waals surface area contributed by atoms with Crippen LogP contribution in [0.2, 0.25) is 0 Å². The molecule has 1 amide bonds. The molecule has 0 saturated carbocycles. The van der Waals surface area contributed by atoms with Crippen LogP contribution < -0.4 is 5.32 Å². The second kappa shape index (κ2) is 7.13. The molecule has 0 aliphatic rings. The maximum atomic E-state index is 12.6. The Bertz CT molecular complexity index is 828. The number of halogens is 1. The lowest BCUT2D eigenvalue weighted by atomic mass is 9.98. The van der Waals surface area contributed by atoms with Crippen LogP contribution in [0.4, 0.5) is 0 Å². The molecule has 0 spiro atoms. The number of nitrogens with one attached hydrogen (secondary N) is 2. The first-order chi connectivity index (χ1) is 11.6. The molecule has 24 heavy (non-hydrogen) atoms. The molecule has 2 aromatic heterocycles. The van der Waals surface area contributed by atoms with E-state index in [0.29, 0.717) is 5.56 Å². The Morgan fingerprint density at radius 2 is 2.12 bits per heavy atom. The van der Waals surface area contributed by atoms with Gasteiger partial charge in [0, 0.05) is 16.9 Å². The van der Waals surface area contributed by atoms with Crippen LogP contribution in [-0.2, 0) is 0 Å². The van der Waals surface area contributed by atoms with E-state index in [2.05, 4.69) is 50.0 Å². The fourth-order valence-corrected chi connectivity index (χ4v) is 2.96. The molecule has 0 aliphatic carbocycles. The molecule has 6 heteroatoms.